The van der Waals surface area contributed by atoms with E-state index in [4.69, 9.17) is 9.47 Å². The van der Waals surface area contributed by atoms with E-state index in [-0.39, 0.29) is 17.3 Å². The second-order valence-corrected chi connectivity index (χ2v) is 4.24. The Morgan fingerprint density at radius 2 is 1.91 bits per heavy atom. The minimum atomic E-state index is -4.46. The molecular weight excluding hydrogens is 301 g/mol. The van der Waals surface area contributed by atoms with Crippen molar-refractivity contribution >= 4 is 6.29 Å². The molecule has 0 aliphatic carbocycles. The van der Waals surface area contributed by atoms with Crippen molar-refractivity contribution in [1.29, 1.82) is 0 Å². The maximum Gasteiger partial charge on any atom is 0.422 e. The number of aldehydes is 1. The molecule has 0 aliphatic heterocycles. The molecule has 0 radical (unpaired) electrons. The molecule has 5 nitrogen and oxygen atoms in total. The molecule has 0 saturated carbocycles. The van der Waals surface area contributed by atoms with Gasteiger partial charge in [-0.15, -0.1) is 0 Å². The molecule has 0 N–H and O–H groups in total. The van der Waals surface area contributed by atoms with E-state index in [0.29, 0.717) is 17.4 Å². The summed E-state index contributed by atoms with van der Waals surface area (Å²) >= 11 is 0. The highest BCUT2D eigenvalue weighted by atomic mass is 19.4. The maximum absolute atomic E-state index is 12.3. The lowest BCUT2D eigenvalue weighted by molar-refractivity contribution is -0.153. The van der Waals surface area contributed by atoms with Gasteiger partial charge in [0.2, 0.25) is 0 Å². The minimum Gasteiger partial charge on any atom is -0.483 e. The smallest absolute Gasteiger partial charge is 0.422 e. The molecule has 1 aromatic heterocycles. The maximum atomic E-state index is 12.3. The molecule has 0 spiro atoms. The molecule has 0 amide bonds. The number of methoxy groups -OCH3 is 1. The largest absolute Gasteiger partial charge is 0.483 e. The van der Waals surface area contributed by atoms with Crippen molar-refractivity contribution < 1.29 is 27.4 Å². The second-order valence-electron chi connectivity index (χ2n) is 4.24. The summed E-state index contributed by atoms with van der Waals surface area (Å²) in [5.41, 5.74) is 0.989. The SMILES string of the molecule is COc1ncc(-c2cc(C=O)ccc2OCC(F)(F)F)cn1. The molecule has 116 valence electrons. The number of carbonyl (C=O) groups excluding carboxylic acids is 1. The lowest BCUT2D eigenvalue weighted by atomic mass is 10.1. The first-order chi connectivity index (χ1) is 10.4. The summed E-state index contributed by atoms with van der Waals surface area (Å²) in [4.78, 5) is 18.6. The number of aromatic nitrogens is 2. The van der Waals surface area contributed by atoms with Gasteiger partial charge >= 0.3 is 12.2 Å². The van der Waals surface area contributed by atoms with Gasteiger partial charge < -0.3 is 9.47 Å². The monoisotopic (exact) mass is 312 g/mol. The number of carbonyl (C=O) groups is 1. The molecular formula is C14H11F3N2O3. The summed E-state index contributed by atoms with van der Waals surface area (Å²) in [6.07, 6.45) is -1.13. The van der Waals surface area contributed by atoms with E-state index in [2.05, 4.69) is 9.97 Å². The van der Waals surface area contributed by atoms with E-state index in [9.17, 15) is 18.0 Å². The van der Waals surface area contributed by atoms with Gasteiger partial charge in [0, 0.05) is 29.1 Å². The van der Waals surface area contributed by atoms with Crippen molar-refractivity contribution in [3.05, 3.63) is 36.2 Å². The van der Waals surface area contributed by atoms with E-state index in [1.165, 1.54) is 37.7 Å². The first kappa shape index (κ1) is 15.7. The van der Waals surface area contributed by atoms with Crippen LogP contribution >= 0.6 is 0 Å². The first-order valence-electron chi connectivity index (χ1n) is 6.08. The zero-order valence-electron chi connectivity index (χ0n) is 11.4. The number of hydrogen-bond donors (Lipinski definition) is 0. The number of hydrogen-bond acceptors (Lipinski definition) is 5. The third-order valence-electron chi connectivity index (χ3n) is 2.65. The third kappa shape index (κ3) is 3.94. The van der Waals surface area contributed by atoms with Gasteiger partial charge in [0.05, 0.1) is 7.11 Å². The van der Waals surface area contributed by atoms with Gasteiger partial charge in [-0.1, -0.05) is 0 Å². The Kier molecular flexibility index (Phi) is 4.59. The number of alkyl halides is 3. The van der Waals surface area contributed by atoms with Gasteiger partial charge in [-0.2, -0.15) is 13.2 Å². The van der Waals surface area contributed by atoms with Crippen molar-refractivity contribution in [3.8, 4) is 22.9 Å². The third-order valence-corrected chi connectivity index (χ3v) is 2.65. The summed E-state index contributed by atoms with van der Waals surface area (Å²) in [7, 11) is 1.39. The summed E-state index contributed by atoms with van der Waals surface area (Å²) in [5, 5.41) is 0. The van der Waals surface area contributed by atoms with Crippen molar-refractivity contribution in [2.24, 2.45) is 0 Å². The van der Waals surface area contributed by atoms with Crippen LogP contribution in [0.4, 0.5) is 13.2 Å². The molecule has 0 fully saturated rings. The van der Waals surface area contributed by atoms with Gasteiger partial charge in [-0.25, -0.2) is 9.97 Å². The van der Waals surface area contributed by atoms with Crippen LogP contribution in [0, 0.1) is 0 Å². The summed E-state index contributed by atoms with van der Waals surface area (Å²) in [6, 6.07) is 4.19. The van der Waals surface area contributed by atoms with Crippen LogP contribution in [0.15, 0.2) is 30.6 Å². The fourth-order valence-corrected chi connectivity index (χ4v) is 1.69. The molecule has 2 aromatic rings. The normalized spacial score (nSPS) is 11.1. The Balaban J connectivity index is 2.39. The molecule has 2 rings (SSSR count). The average Bonchev–Trinajstić information content (AvgIpc) is 2.52. The number of rotatable bonds is 5. The predicted octanol–water partition coefficient (Wildman–Crippen LogP) is 2.91. The second kappa shape index (κ2) is 6.42. The lowest BCUT2D eigenvalue weighted by Gasteiger charge is -2.13. The molecule has 0 aliphatic rings. The Morgan fingerprint density at radius 1 is 1.23 bits per heavy atom. The molecule has 1 heterocycles. The van der Waals surface area contributed by atoms with E-state index in [0.717, 1.165) is 0 Å². The number of nitrogens with zero attached hydrogens (tertiary/aromatic N) is 2. The predicted molar refractivity (Wildman–Crippen MR) is 71.0 cm³/mol. The molecule has 22 heavy (non-hydrogen) atoms. The van der Waals surface area contributed by atoms with Gasteiger partial charge in [0.15, 0.2) is 6.61 Å². The number of ether oxygens (including phenoxy) is 2. The fraction of sp³-hybridized carbons (Fsp3) is 0.214. The Hall–Kier alpha value is -2.64. The van der Waals surface area contributed by atoms with E-state index < -0.39 is 12.8 Å². The quantitative estimate of drug-likeness (QED) is 0.794. The van der Waals surface area contributed by atoms with E-state index in [1.54, 1.807) is 0 Å². The summed E-state index contributed by atoms with van der Waals surface area (Å²) in [6.45, 7) is -1.43. The molecule has 0 unspecified atom stereocenters. The van der Waals surface area contributed by atoms with Gasteiger partial charge in [0.25, 0.3) is 0 Å². The van der Waals surface area contributed by atoms with Crippen LogP contribution in [-0.4, -0.2) is 36.1 Å². The van der Waals surface area contributed by atoms with Gasteiger partial charge in [-0.3, -0.25) is 4.79 Å². The van der Waals surface area contributed by atoms with Crippen LogP contribution < -0.4 is 9.47 Å². The molecule has 8 heteroatoms. The Labute approximate surface area is 123 Å². The van der Waals surface area contributed by atoms with Crippen LogP contribution in [0.25, 0.3) is 11.1 Å². The molecule has 1 aromatic carbocycles. The summed E-state index contributed by atoms with van der Waals surface area (Å²) in [5.74, 6) is -0.0170. The Morgan fingerprint density at radius 3 is 2.45 bits per heavy atom. The average molecular weight is 312 g/mol. The zero-order chi connectivity index (χ0) is 16.2. The van der Waals surface area contributed by atoms with Crippen LogP contribution in [0.5, 0.6) is 11.8 Å². The standard InChI is InChI=1S/C14H11F3N2O3/c1-21-13-18-5-10(6-19-13)11-4-9(7-20)2-3-12(11)22-8-14(15,16)17/h2-7H,8H2,1H3. The Bertz CT molecular complexity index is 657. The highest BCUT2D eigenvalue weighted by Crippen LogP contribution is 2.31. The van der Waals surface area contributed by atoms with Crippen LogP contribution in [-0.2, 0) is 0 Å². The summed E-state index contributed by atoms with van der Waals surface area (Å²) < 4.78 is 46.5. The fourth-order valence-electron chi connectivity index (χ4n) is 1.69. The topological polar surface area (TPSA) is 61.3 Å². The highest BCUT2D eigenvalue weighted by Gasteiger charge is 2.29. The zero-order valence-corrected chi connectivity index (χ0v) is 11.4. The molecule has 0 atom stereocenters. The van der Waals surface area contributed by atoms with Crippen molar-refractivity contribution in [3.63, 3.8) is 0 Å². The van der Waals surface area contributed by atoms with Crippen LogP contribution in [0.1, 0.15) is 10.4 Å². The van der Waals surface area contributed by atoms with Crippen LogP contribution in [0.3, 0.4) is 0 Å². The lowest BCUT2D eigenvalue weighted by Crippen LogP contribution is -2.19. The number of halogens is 3. The van der Waals surface area contributed by atoms with Crippen molar-refractivity contribution in [2.45, 2.75) is 6.18 Å². The molecule has 0 saturated heterocycles. The number of benzene rings is 1. The molecule has 0 bridgehead atoms. The van der Waals surface area contributed by atoms with Gasteiger partial charge in [-0.05, 0) is 18.2 Å². The van der Waals surface area contributed by atoms with Gasteiger partial charge in [0.1, 0.15) is 12.0 Å². The van der Waals surface area contributed by atoms with Crippen molar-refractivity contribution in [2.75, 3.05) is 13.7 Å². The minimum absolute atomic E-state index is 0.0170. The highest BCUT2D eigenvalue weighted by molar-refractivity contribution is 5.81. The van der Waals surface area contributed by atoms with Crippen LogP contribution in [0.2, 0.25) is 0 Å². The first-order valence-corrected chi connectivity index (χ1v) is 6.08. The van der Waals surface area contributed by atoms with E-state index >= 15 is 0 Å². The van der Waals surface area contributed by atoms with Crippen molar-refractivity contribution in [1.82, 2.24) is 9.97 Å². The van der Waals surface area contributed by atoms with E-state index in [1.807, 2.05) is 0 Å².